The van der Waals surface area contributed by atoms with Crippen molar-refractivity contribution in [2.45, 2.75) is 53.4 Å². The smallest absolute Gasteiger partial charge is 0.289 e. The normalized spacial score (nSPS) is 13.6. The fourth-order valence-corrected chi connectivity index (χ4v) is 5.24. The first-order valence-corrected chi connectivity index (χ1v) is 10.1. The van der Waals surface area contributed by atoms with Gasteiger partial charge in [0.15, 0.2) is 11.6 Å². The molecule has 0 saturated heterocycles. The van der Waals surface area contributed by atoms with Gasteiger partial charge in [-0.15, -0.1) is 0 Å². The SMILES string of the molecule is Cc1c(C)c(C)c2c(c1C)C(=O)c1c(C)c(C)c(S(=O)(=O)O)c(C)c1C2=O. The Bertz CT molecular complexity index is 1180. The molecular formula is C21H22O5S. The van der Waals surface area contributed by atoms with E-state index in [4.69, 9.17) is 0 Å². The standard InChI is InChI=1S/C21H22O5S/c1-8-9(2)11(4)16-15(10(8)3)19(22)17-12(5)13(6)21(27(24,25)26)14(7)18(17)20(16)23/h1-7H3,(H,24,25,26). The summed E-state index contributed by atoms with van der Waals surface area (Å²) < 4.78 is 33.5. The average molecular weight is 386 g/mol. The van der Waals surface area contributed by atoms with Gasteiger partial charge in [-0.1, -0.05) is 0 Å². The maximum atomic E-state index is 13.4. The van der Waals surface area contributed by atoms with Gasteiger partial charge in [-0.05, 0) is 87.4 Å². The van der Waals surface area contributed by atoms with Gasteiger partial charge in [0.25, 0.3) is 10.1 Å². The van der Waals surface area contributed by atoms with Gasteiger partial charge in [0, 0.05) is 22.3 Å². The highest BCUT2D eigenvalue weighted by Gasteiger charge is 2.38. The molecular weight excluding hydrogens is 364 g/mol. The number of carbonyl (C=O) groups is 2. The first kappa shape index (κ1) is 19.5. The Morgan fingerprint density at radius 3 is 1.15 bits per heavy atom. The van der Waals surface area contributed by atoms with Crippen molar-refractivity contribution in [1.29, 1.82) is 0 Å². The minimum Gasteiger partial charge on any atom is -0.289 e. The predicted molar refractivity (Wildman–Crippen MR) is 103 cm³/mol. The van der Waals surface area contributed by atoms with E-state index >= 15 is 0 Å². The van der Waals surface area contributed by atoms with Gasteiger partial charge in [0.2, 0.25) is 0 Å². The second-order valence-corrected chi connectivity index (χ2v) is 8.70. The van der Waals surface area contributed by atoms with Crippen molar-refractivity contribution in [2.75, 3.05) is 0 Å². The molecule has 142 valence electrons. The molecule has 0 radical (unpaired) electrons. The molecule has 0 atom stereocenters. The molecule has 0 bridgehead atoms. The van der Waals surface area contributed by atoms with E-state index in [1.807, 2.05) is 20.8 Å². The molecule has 6 heteroatoms. The van der Waals surface area contributed by atoms with Crippen LogP contribution in [0.1, 0.15) is 70.8 Å². The van der Waals surface area contributed by atoms with Gasteiger partial charge in [-0.25, -0.2) is 0 Å². The van der Waals surface area contributed by atoms with Gasteiger partial charge in [0.05, 0.1) is 0 Å². The Labute approximate surface area is 159 Å². The number of hydrogen-bond acceptors (Lipinski definition) is 4. The zero-order valence-electron chi connectivity index (χ0n) is 16.5. The minimum absolute atomic E-state index is 0.0778. The largest absolute Gasteiger partial charge is 0.295 e. The van der Waals surface area contributed by atoms with Crippen molar-refractivity contribution in [3.63, 3.8) is 0 Å². The summed E-state index contributed by atoms with van der Waals surface area (Å²) in [6.07, 6.45) is 0. The molecule has 27 heavy (non-hydrogen) atoms. The summed E-state index contributed by atoms with van der Waals surface area (Å²) in [5, 5.41) is 0. The highest BCUT2D eigenvalue weighted by atomic mass is 32.2. The van der Waals surface area contributed by atoms with Crippen LogP contribution in [0.5, 0.6) is 0 Å². The predicted octanol–water partition coefficient (Wildman–Crippen LogP) is 3.87. The maximum absolute atomic E-state index is 13.4. The second-order valence-electron chi connectivity index (χ2n) is 7.34. The highest BCUT2D eigenvalue weighted by Crippen LogP contribution is 2.40. The van der Waals surface area contributed by atoms with Gasteiger partial charge in [0.1, 0.15) is 4.90 Å². The third-order valence-corrected chi connectivity index (χ3v) is 7.23. The lowest BCUT2D eigenvalue weighted by molar-refractivity contribution is 0.0976. The highest BCUT2D eigenvalue weighted by molar-refractivity contribution is 7.86. The fourth-order valence-electron chi connectivity index (χ4n) is 4.21. The summed E-state index contributed by atoms with van der Waals surface area (Å²) in [6, 6.07) is 0. The minimum atomic E-state index is -4.54. The summed E-state index contributed by atoms with van der Waals surface area (Å²) in [7, 11) is -4.54. The van der Waals surface area contributed by atoms with Gasteiger partial charge in [-0.3, -0.25) is 14.1 Å². The van der Waals surface area contributed by atoms with Crippen LogP contribution in [-0.2, 0) is 10.1 Å². The molecule has 1 aliphatic rings. The van der Waals surface area contributed by atoms with Crippen LogP contribution >= 0.6 is 0 Å². The molecule has 1 aliphatic carbocycles. The quantitative estimate of drug-likeness (QED) is 0.642. The van der Waals surface area contributed by atoms with E-state index in [1.165, 1.54) is 13.8 Å². The molecule has 3 rings (SSSR count). The van der Waals surface area contributed by atoms with E-state index in [2.05, 4.69) is 0 Å². The first-order chi connectivity index (χ1) is 12.3. The number of ketones is 2. The van der Waals surface area contributed by atoms with Crippen molar-refractivity contribution in [1.82, 2.24) is 0 Å². The third-order valence-electron chi connectivity index (χ3n) is 6.10. The van der Waals surface area contributed by atoms with E-state index in [0.29, 0.717) is 16.7 Å². The lowest BCUT2D eigenvalue weighted by Crippen LogP contribution is -2.28. The maximum Gasteiger partial charge on any atom is 0.295 e. The van der Waals surface area contributed by atoms with Gasteiger partial charge >= 0.3 is 0 Å². The van der Waals surface area contributed by atoms with E-state index in [9.17, 15) is 22.6 Å². The number of carbonyl (C=O) groups excluding carboxylic acids is 2. The van der Waals surface area contributed by atoms with Crippen molar-refractivity contribution in [3.05, 3.63) is 61.2 Å². The summed E-state index contributed by atoms with van der Waals surface area (Å²) in [5.41, 5.74) is 5.26. The molecule has 1 N–H and O–H groups in total. The molecule has 0 aliphatic heterocycles. The average Bonchev–Trinajstić information content (AvgIpc) is 2.56. The van der Waals surface area contributed by atoms with E-state index in [1.54, 1.807) is 13.8 Å². The lowest BCUT2D eigenvalue weighted by Gasteiger charge is -2.28. The molecule has 0 amide bonds. The van der Waals surface area contributed by atoms with Crippen molar-refractivity contribution in [2.24, 2.45) is 0 Å². The Morgan fingerprint density at radius 1 is 0.519 bits per heavy atom. The van der Waals surface area contributed by atoms with Crippen LogP contribution < -0.4 is 0 Å². The van der Waals surface area contributed by atoms with E-state index < -0.39 is 10.1 Å². The number of hydrogen-bond donors (Lipinski definition) is 1. The summed E-state index contributed by atoms with van der Waals surface area (Å²) in [6.45, 7) is 12.1. The first-order valence-electron chi connectivity index (χ1n) is 8.63. The van der Waals surface area contributed by atoms with Crippen molar-refractivity contribution >= 4 is 21.7 Å². The molecule has 5 nitrogen and oxygen atoms in total. The molecule has 2 aromatic carbocycles. The van der Waals surface area contributed by atoms with Crippen LogP contribution in [0.2, 0.25) is 0 Å². The number of benzene rings is 2. The second kappa shape index (κ2) is 5.84. The Balaban J connectivity index is 2.57. The molecule has 0 saturated carbocycles. The van der Waals surface area contributed by atoms with Crippen LogP contribution in [0, 0.1) is 48.5 Å². The summed E-state index contributed by atoms with van der Waals surface area (Å²) in [4.78, 5) is 26.5. The van der Waals surface area contributed by atoms with Crippen LogP contribution in [0.25, 0.3) is 0 Å². The lowest BCUT2D eigenvalue weighted by atomic mass is 9.74. The van der Waals surface area contributed by atoms with Gasteiger partial charge < -0.3 is 0 Å². The molecule has 0 aromatic heterocycles. The van der Waals surface area contributed by atoms with Crippen LogP contribution in [0.3, 0.4) is 0 Å². The zero-order chi connectivity index (χ0) is 20.6. The third kappa shape index (κ3) is 2.43. The molecule has 0 unspecified atom stereocenters. The van der Waals surface area contributed by atoms with Crippen LogP contribution in [0.15, 0.2) is 4.90 Å². The molecule has 2 aromatic rings. The van der Waals surface area contributed by atoms with Crippen molar-refractivity contribution < 1.29 is 22.6 Å². The van der Waals surface area contributed by atoms with Gasteiger partial charge in [-0.2, -0.15) is 8.42 Å². The van der Waals surface area contributed by atoms with Crippen LogP contribution in [-0.4, -0.2) is 24.5 Å². The Hall–Kier alpha value is -2.31. The topological polar surface area (TPSA) is 88.5 Å². The summed E-state index contributed by atoms with van der Waals surface area (Å²) >= 11 is 0. The monoisotopic (exact) mass is 386 g/mol. The van der Waals surface area contributed by atoms with E-state index in [0.717, 1.165) is 22.3 Å². The fraction of sp³-hybridized carbons (Fsp3) is 0.333. The van der Waals surface area contributed by atoms with E-state index in [-0.39, 0.29) is 38.7 Å². The van der Waals surface area contributed by atoms with Crippen LogP contribution in [0.4, 0.5) is 0 Å². The Kier molecular flexibility index (Phi) is 4.21. The summed E-state index contributed by atoms with van der Waals surface area (Å²) in [5.74, 6) is -0.636. The molecule has 0 heterocycles. The van der Waals surface area contributed by atoms with Crippen molar-refractivity contribution in [3.8, 4) is 0 Å². The molecule has 0 fully saturated rings. The molecule has 0 spiro atoms. The Morgan fingerprint density at radius 2 is 0.815 bits per heavy atom. The number of fused-ring (bicyclic) bond motifs is 2. The zero-order valence-corrected chi connectivity index (χ0v) is 17.3. The number of rotatable bonds is 1.